The van der Waals surface area contributed by atoms with Gasteiger partial charge >= 0.3 is 6.03 Å². The van der Waals surface area contributed by atoms with Crippen molar-refractivity contribution in [1.29, 1.82) is 0 Å². The number of carbonyl (C=O) groups excluding carboxylic acids is 2. The molecule has 1 aliphatic heterocycles. The lowest BCUT2D eigenvalue weighted by Gasteiger charge is -2.33. The fourth-order valence-electron chi connectivity index (χ4n) is 2.81. The molecule has 126 valence electrons. The van der Waals surface area contributed by atoms with Crippen LogP contribution in [-0.2, 0) is 0 Å². The van der Waals surface area contributed by atoms with Crippen LogP contribution >= 0.6 is 15.9 Å². The van der Waals surface area contributed by atoms with Crippen molar-refractivity contribution in [3.8, 4) is 0 Å². The molecule has 0 bridgehead atoms. The van der Waals surface area contributed by atoms with Crippen molar-refractivity contribution in [2.24, 2.45) is 0 Å². The molecule has 0 saturated carbocycles. The second kappa shape index (κ2) is 8.34. The van der Waals surface area contributed by atoms with Gasteiger partial charge < -0.3 is 15.1 Å². The molecule has 0 unspecified atom stereocenters. The molecular formula is C17H24BrN3O2. The molecule has 2 rings (SSSR count). The molecule has 0 aromatic heterocycles. The molecule has 1 aliphatic rings. The number of hydrogen-bond acceptors (Lipinski definition) is 2. The molecule has 0 aliphatic carbocycles. The predicted molar refractivity (Wildman–Crippen MR) is 94.5 cm³/mol. The number of carbonyl (C=O) groups is 2. The Morgan fingerprint density at radius 1 is 1.26 bits per heavy atom. The molecule has 1 saturated heterocycles. The molecule has 1 fully saturated rings. The summed E-state index contributed by atoms with van der Waals surface area (Å²) < 4.78 is 0.907. The lowest BCUT2D eigenvalue weighted by atomic mass is 10.0. The molecule has 0 spiro atoms. The molecule has 0 radical (unpaired) electrons. The zero-order valence-corrected chi connectivity index (χ0v) is 15.3. The van der Waals surface area contributed by atoms with Crippen LogP contribution in [0, 0.1) is 0 Å². The Morgan fingerprint density at radius 2 is 1.91 bits per heavy atom. The van der Waals surface area contributed by atoms with E-state index in [-0.39, 0.29) is 18.0 Å². The van der Waals surface area contributed by atoms with E-state index in [9.17, 15) is 9.59 Å². The van der Waals surface area contributed by atoms with Gasteiger partial charge in [0.1, 0.15) is 0 Å². The van der Waals surface area contributed by atoms with E-state index in [1.807, 2.05) is 43.0 Å². The normalized spacial score (nSPS) is 15.3. The Bertz CT molecular complexity index is 553. The Balaban J connectivity index is 1.86. The molecule has 1 heterocycles. The van der Waals surface area contributed by atoms with Gasteiger partial charge in [0.25, 0.3) is 5.91 Å². The maximum absolute atomic E-state index is 12.5. The maximum Gasteiger partial charge on any atom is 0.317 e. The summed E-state index contributed by atoms with van der Waals surface area (Å²) in [6.07, 6.45) is 1.60. The highest BCUT2D eigenvalue weighted by atomic mass is 79.9. The molecule has 6 heteroatoms. The second-order valence-electron chi connectivity index (χ2n) is 5.70. The summed E-state index contributed by atoms with van der Waals surface area (Å²) in [7, 11) is 0. The Morgan fingerprint density at radius 3 is 2.48 bits per heavy atom. The minimum atomic E-state index is -0.00762. The van der Waals surface area contributed by atoms with E-state index >= 15 is 0 Å². The van der Waals surface area contributed by atoms with Crippen LogP contribution < -0.4 is 5.32 Å². The van der Waals surface area contributed by atoms with Gasteiger partial charge in [-0.05, 0) is 44.9 Å². The van der Waals surface area contributed by atoms with Gasteiger partial charge in [-0.25, -0.2) is 4.79 Å². The fourth-order valence-corrected chi connectivity index (χ4v) is 3.21. The number of likely N-dealkylation sites (tertiary alicyclic amines) is 1. The van der Waals surface area contributed by atoms with Gasteiger partial charge in [-0.3, -0.25) is 4.79 Å². The van der Waals surface area contributed by atoms with Crippen molar-refractivity contribution in [2.45, 2.75) is 32.7 Å². The lowest BCUT2D eigenvalue weighted by molar-refractivity contribution is 0.0706. The zero-order chi connectivity index (χ0) is 16.8. The van der Waals surface area contributed by atoms with Crippen LogP contribution in [0.3, 0.4) is 0 Å². The third-order valence-electron chi connectivity index (χ3n) is 4.23. The Hall–Kier alpha value is -1.56. The molecule has 5 nitrogen and oxygen atoms in total. The van der Waals surface area contributed by atoms with Gasteiger partial charge in [-0.2, -0.15) is 0 Å². The highest BCUT2D eigenvalue weighted by Crippen LogP contribution is 2.17. The number of piperidine rings is 1. The number of amides is 3. The summed E-state index contributed by atoms with van der Waals surface area (Å²) >= 11 is 3.40. The van der Waals surface area contributed by atoms with Gasteiger partial charge in [0.15, 0.2) is 0 Å². The molecule has 0 atom stereocenters. The highest BCUT2D eigenvalue weighted by Gasteiger charge is 2.25. The lowest BCUT2D eigenvalue weighted by Crippen LogP contribution is -2.50. The first-order chi connectivity index (χ1) is 11.0. The summed E-state index contributed by atoms with van der Waals surface area (Å²) in [5.41, 5.74) is 0.699. The van der Waals surface area contributed by atoms with Crippen LogP contribution in [0.1, 0.15) is 37.0 Å². The third-order valence-corrected chi connectivity index (χ3v) is 4.73. The van der Waals surface area contributed by atoms with Crippen molar-refractivity contribution >= 4 is 27.9 Å². The first kappa shape index (κ1) is 17.8. The monoisotopic (exact) mass is 381 g/mol. The second-order valence-corrected chi connectivity index (χ2v) is 6.61. The number of halogens is 1. The molecule has 1 aromatic rings. The molecule has 23 heavy (non-hydrogen) atoms. The summed E-state index contributed by atoms with van der Waals surface area (Å²) in [6, 6.07) is 7.60. The van der Waals surface area contributed by atoms with Crippen LogP contribution in [0.5, 0.6) is 0 Å². The average molecular weight is 382 g/mol. The van der Waals surface area contributed by atoms with E-state index in [1.165, 1.54) is 0 Å². The van der Waals surface area contributed by atoms with Crippen molar-refractivity contribution in [3.63, 3.8) is 0 Å². The van der Waals surface area contributed by atoms with E-state index in [2.05, 4.69) is 21.2 Å². The topological polar surface area (TPSA) is 52.7 Å². The van der Waals surface area contributed by atoms with Gasteiger partial charge in [-0.1, -0.05) is 22.0 Å². The van der Waals surface area contributed by atoms with Crippen LogP contribution in [0.2, 0.25) is 0 Å². The van der Waals surface area contributed by atoms with Crippen molar-refractivity contribution in [1.82, 2.24) is 15.1 Å². The van der Waals surface area contributed by atoms with Crippen LogP contribution in [-0.4, -0.2) is 54.0 Å². The standard InChI is InChI=1S/C17H24BrN3O2/c1-3-20(4-2)17(23)19-15-8-10-21(11-9-15)16(22)13-6-5-7-14(18)12-13/h5-7,12,15H,3-4,8-11H2,1-2H3,(H,19,23). The zero-order valence-electron chi connectivity index (χ0n) is 13.7. The van der Waals surface area contributed by atoms with E-state index in [0.29, 0.717) is 31.7 Å². The number of rotatable bonds is 4. The smallest absolute Gasteiger partial charge is 0.317 e. The van der Waals surface area contributed by atoms with E-state index in [1.54, 1.807) is 4.90 Å². The van der Waals surface area contributed by atoms with Crippen LogP contribution in [0.4, 0.5) is 4.79 Å². The number of hydrogen-bond donors (Lipinski definition) is 1. The summed E-state index contributed by atoms with van der Waals surface area (Å²) in [4.78, 5) is 28.2. The van der Waals surface area contributed by atoms with Crippen LogP contribution in [0.25, 0.3) is 0 Å². The van der Waals surface area contributed by atoms with Crippen molar-refractivity contribution in [3.05, 3.63) is 34.3 Å². The van der Waals surface area contributed by atoms with E-state index in [0.717, 1.165) is 17.3 Å². The molecular weight excluding hydrogens is 358 g/mol. The summed E-state index contributed by atoms with van der Waals surface area (Å²) in [5.74, 6) is 0.0554. The largest absolute Gasteiger partial charge is 0.338 e. The molecule has 1 aromatic carbocycles. The van der Waals surface area contributed by atoms with Gasteiger partial charge in [0, 0.05) is 42.3 Å². The van der Waals surface area contributed by atoms with Crippen molar-refractivity contribution in [2.75, 3.05) is 26.2 Å². The molecule has 1 N–H and O–H groups in total. The first-order valence-corrected chi connectivity index (χ1v) is 8.94. The highest BCUT2D eigenvalue weighted by molar-refractivity contribution is 9.10. The van der Waals surface area contributed by atoms with E-state index < -0.39 is 0 Å². The van der Waals surface area contributed by atoms with E-state index in [4.69, 9.17) is 0 Å². The van der Waals surface area contributed by atoms with Crippen molar-refractivity contribution < 1.29 is 9.59 Å². The number of benzene rings is 1. The number of nitrogens with zero attached hydrogens (tertiary/aromatic N) is 2. The maximum atomic E-state index is 12.5. The van der Waals surface area contributed by atoms with Gasteiger partial charge in [0.2, 0.25) is 0 Å². The quantitative estimate of drug-likeness (QED) is 0.870. The minimum absolute atomic E-state index is 0.00762. The SMILES string of the molecule is CCN(CC)C(=O)NC1CCN(C(=O)c2cccc(Br)c2)CC1. The number of nitrogens with one attached hydrogen (secondary N) is 1. The average Bonchev–Trinajstić information content (AvgIpc) is 2.56. The predicted octanol–water partition coefficient (Wildman–Crippen LogP) is 3.11. The first-order valence-electron chi connectivity index (χ1n) is 8.15. The Kier molecular flexibility index (Phi) is 6.45. The van der Waals surface area contributed by atoms with Gasteiger partial charge in [-0.15, -0.1) is 0 Å². The fraction of sp³-hybridized carbons (Fsp3) is 0.529. The Labute approximate surface area is 146 Å². The number of urea groups is 1. The third kappa shape index (κ3) is 4.70. The minimum Gasteiger partial charge on any atom is -0.338 e. The van der Waals surface area contributed by atoms with Gasteiger partial charge in [0.05, 0.1) is 0 Å². The summed E-state index contributed by atoms with van der Waals surface area (Å²) in [6.45, 7) is 6.72. The molecule has 3 amide bonds. The summed E-state index contributed by atoms with van der Waals surface area (Å²) in [5, 5.41) is 3.07. The van der Waals surface area contributed by atoms with Crippen LogP contribution in [0.15, 0.2) is 28.7 Å².